The van der Waals surface area contributed by atoms with Crippen LogP contribution in [0.5, 0.6) is 11.5 Å². The van der Waals surface area contributed by atoms with Crippen LogP contribution in [0.4, 0.5) is 5.69 Å². The molecule has 1 fully saturated rings. The van der Waals surface area contributed by atoms with Crippen LogP contribution in [0.3, 0.4) is 0 Å². The first-order valence-corrected chi connectivity index (χ1v) is 7.24. The fourth-order valence-corrected chi connectivity index (χ4v) is 2.99. The molecule has 0 saturated carbocycles. The highest BCUT2D eigenvalue weighted by atomic mass is 16.5. The maximum atomic E-state index is 12.7. The number of phenolic OH excluding ortho intramolecular Hbond substituents is 1. The quantitative estimate of drug-likeness (QED) is 0.811. The third-order valence-electron chi connectivity index (χ3n) is 4.11. The van der Waals surface area contributed by atoms with Crippen molar-refractivity contribution in [1.82, 2.24) is 4.90 Å². The normalized spacial score (nSPS) is 22.8. The number of aromatic hydroxyl groups is 1. The van der Waals surface area contributed by atoms with Gasteiger partial charge in [0.25, 0.3) is 5.91 Å². The van der Waals surface area contributed by atoms with Crippen LogP contribution in [0.15, 0.2) is 29.3 Å². The van der Waals surface area contributed by atoms with E-state index in [2.05, 4.69) is 4.99 Å². The highest BCUT2D eigenvalue weighted by Gasteiger charge is 2.37. The van der Waals surface area contributed by atoms with Crippen LogP contribution in [0.25, 0.3) is 0 Å². The topological polar surface area (TPSA) is 105 Å². The lowest BCUT2D eigenvalue weighted by Gasteiger charge is -2.20. The summed E-state index contributed by atoms with van der Waals surface area (Å²) in [4.78, 5) is 29.5. The maximum Gasteiger partial charge on any atom is 0.256 e. The molecule has 1 unspecified atom stereocenters. The van der Waals surface area contributed by atoms with Crippen molar-refractivity contribution < 1.29 is 19.4 Å². The molecule has 1 aromatic carbocycles. The van der Waals surface area contributed by atoms with Crippen molar-refractivity contribution in [2.24, 2.45) is 16.6 Å². The van der Waals surface area contributed by atoms with E-state index in [1.165, 1.54) is 13.2 Å². The summed E-state index contributed by atoms with van der Waals surface area (Å²) in [5.41, 5.74) is 5.67. The molecule has 2 heterocycles. The monoisotopic (exact) mass is 315 g/mol. The Morgan fingerprint density at radius 1 is 1.52 bits per heavy atom. The van der Waals surface area contributed by atoms with E-state index in [1.807, 2.05) is 0 Å². The molecule has 7 heteroatoms. The fourth-order valence-electron chi connectivity index (χ4n) is 2.99. The van der Waals surface area contributed by atoms with Gasteiger partial charge in [-0.25, -0.2) is 0 Å². The number of carbonyl (C=O) groups is 2. The summed E-state index contributed by atoms with van der Waals surface area (Å²) >= 11 is 0. The second kappa shape index (κ2) is 5.75. The predicted molar refractivity (Wildman–Crippen MR) is 84.1 cm³/mol. The Labute approximate surface area is 133 Å². The summed E-state index contributed by atoms with van der Waals surface area (Å²) in [6.07, 6.45) is 5.36. The molecule has 2 amide bonds. The molecular formula is C16H17N3O4. The molecule has 0 aromatic heterocycles. The number of ether oxygens (including phenoxy) is 1. The molecule has 0 bridgehead atoms. The standard InChI is InChI=1S/C16H17N3O4/c1-23-12-4-3-11-14(15(12)21)18-7-10-6-9(2-5-13(17)20)8-19(10)16(11)22/h2-5,7,9-10,21H,6,8H2,1H3,(H2,17,20)/b5-2+/t9?,10-/m0/s1. The molecular weight excluding hydrogens is 298 g/mol. The summed E-state index contributed by atoms with van der Waals surface area (Å²) in [6, 6.07) is 2.97. The minimum absolute atomic E-state index is 0.0521. The first kappa shape index (κ1) is 15.1. The van der Waals surface area contributed by atoms with Gasteiger partial charge < -0.3 is 20.5 Å². The molecule has 1 saturated heterocycles. The lowest BCUT2D eigenvalue weighted by molar-refractivity contribution is -0.113. The van der Waals surface area contributed by atoms with Gasteiger partial charge in [0.1, 0.15) is 5.69 Å². The number of primary amides is 1. The number of aliphatic imine (C=N–C) groups is 1. The van der Waals surface area contributed by atoms with E-state index in [9.17, 15) is 14.7 Å². The maximum absolute atomic E-state index is 12.7. The van der Waals surface area contributed by atoms with E-state index >= 15 is 0 Å². The van der Waals surface area contributed by atoms with Crippen molar-refractivity contribution in [2.75, 3.05) is 13.7 Å². The Morgan fingerprint density at radius 3 is 3.00 bits per heavy atom. The second-order valence-electron chi connectivity index (χ2n) is 5.57. The summed E-state index contributed by atoms with van der Waals surface area (Å²) in [7, 11) is 1.44. The molecule has 1 aromatic rings. The SMILES string of the molecule is COc1ccc2c(c1O)N=C[C@@H]1CC(/C=C/C(N)=O)CN1C2=O. The van der Waals surface area contributed by atoms with Gasteiger partial charge in [0.15, 0.2) is 11.5 Å². The minimum Gasteiger partial charge on any atom is -0.503 e. The minimum atomic E-state index is -0.505. The van der Waals surface area contributed by atoms with E-state index < -0.39 is 5.91 Å². The summed E-state index contributed by atoms with van der Waals surface area (Å²) in [5.74, 6) is -0.514. The van der Waals surface area contributed by atoms with Crippen molar-refractivity contribution in [3.8, 4) is 11.5 Å². The van der Waals surface area contributed by atoms with Gasteiger partial charge in [-0.2, -0.15) is 0 Å². The van der Waals surface area contributed by atoms with Crippen LogP contribution >= 0.6 is 0 Å². The first-order chi connectivity index (χ1) is 11.0. The molecule has 7 nitrogen and oxygen atoms in total. The van der Waals surface area contributed by atoms with Gasteiger partial charge >= 0.3 is 0 Å². The Bertz CT molecular complexity index is 726. The predicted octanol–water partition coefficient (Wildman–Crippen LogP) is 0.989. The summed E-state index contributed by atoms with van der Waals surface area (Å²) in [6.45, 7) is 0.478. The molecule has 2 aliphatic rings. The Hall–Kier alpha value is -2.83. The van der Waals surface area contributed by atoms with Crippen molar-refractivity contribution in [2.45, 2.75) is 12.5 Å². The van der Waals surface area contributed by atoms with Gasteiger partial charge in [0, 0.05) is 12.8 Å². The first-order valence-electron chi connectivity index (χ1n) is 7.24. The number of carbonyl (C=O) groups excluding carboxylic acids is 2. The van der Waals surface area contributed by atoms with E-state index in [0.717, 1.165) is 0 Å². The zero-order chi connectivity index (χ0) is 16.6. The zero-order valence-corrected chi connectivity index (χ0v) is 12.6. The average Bonchev–Trinajstić information content (AvgIpc) is 2.88. The van der Waals surface area contributed by atoms with E-state index in [1.54, 1.807) is 29.3 Å². The smallest absolute Gasteiger partial charge is 0.256 e. The van der Waals surface area contributed by atoms with Gasteiger partial charge in [-0.05, 0) is 30.5 Å². The fraction of sp³-hybridized carbons (Fsp3) is 0.312. The number of phenols is 1. The third kappa shape index (κ3) is 2.65. The van der Waals surface area contributed by atoms with Crippen molar-refractivity contribution in [3.63, 3.8) is 0 Å². The van der Waals surface area contributed by atoms with Gasteiger partial charge in [0.2, 0.25) is 5.91 Å². The average molecular weight is 315 g/mol. The number of methoxy groups -OCH3 is 1. The van der Waals surface area contributed by atoms with Crippen LogP contribution in [0.1, 0.15) is 16.8 Å². The molecule has 2 atom stereocenters. The molecule has 3 rings (SSSR count). The zero-order valence-electron chi connectivity index (χ0n) is 12.6. The number of fused-ring (bicyclic) bond motifs is 2. The largest absolute Gasteiger partial charge is 0.503 e. The van der Waals surface area contributed by atoms with Crippen LogP contribution in [0, 0.1) is 5.92 Å². The second-order valence-corrected chi connectivity index (χ2v) is 5.57. The molecule has 120 valence electrons. The number of hydrogen-bond donors (Lipinski definition) is 2. The van der Waals surface area contributed by atoms with Crippen molar-refractivity contribution in [1.29, 1.82) is 0 Å². The number of nitrogens with two attached hydrogens (primary N) is 1. The van der Waals surface area contributed by atoms with Gasteiger partial charge in [0.05, 0.1) is 18.7 Å². The molecule has 0 aliphatic carbocycles. The molecule has 0 spiro atoms. The number of rotatable bonds is 3. The molecule has 3 N–H and O–H groups in total. The molecule has 23 heavy (non-hydrogen) atoms. The van der Waals surface area contributed by atoms with Gasteiger partial charge in [-0.15, -0.1) is 0 Å². The van der Waals surface area contributed by atoms with Crippen LogP contribution in [-0.2, 0) is 4.79 Å². The molecule has 0 radical (unpaired) electrons. The number of benzene rings is 1. The highest BCUT2D eigenvalue weighted by Crippen LogP contribution is 2.41. The number of hydrogen-bond acceptors (Lipinski definition) is 5. The van der Waals surface area contributed by atoms with Crippen LogP contribution < -0.4 is 10.5 Å². The molecule has 2 aliphatic heterocycles. The lowest BCUT2D eigenvalue weighted by Crippen LogP contribution is -2.35. The Kier molecular flexibility index (Phi) is 3.77. The highest BCUT2D eigenvalue weighted by molar-refractivity contribution is 6.04. The van der Waals surface area contributed by atoms with E-state index in [-0.39, 0.29) is 35.1 Å². The van der Waals surface area contributed by atoms with Crippen LogP contribution in [-0.4, -0.2) is 47.7 Å². The number of nitrogens with zero attached hydrogens (tertiary/aromatic N) is 2. The summed E-state index contributed by atoms with van der Waals surface area (Å²) < 4.78 is 5.05. The van der Waals surface area contributed by atoms with E-state index in [4.69, 9.17) is 10.5 Å². The number of amides is 2. The van der Waals surface area contributed by atoms with Gasteiger partial charge in [-0.3, -0.25) is 14.6 Å². The Balaban J connectivity index is 1.92. The van der Waals surface area contributed by atoms with Crippen LogP contribution in [0.2, 0.25) is 0 Å². The van der Waals surface area contributed by atoms with Crippen molar-refractivity contribution >= 4 is 23.7 Å². The lowest BCUT2D eigenvalue weighted by atomic mass is 10.1. The van der Waals surface area contributed by atoms with Crippen molar-refractivity contribution in [3.05, 3.63) is 29.8 Å². The van der Waals surface area contributed by atoms with E-state index in [0.29, 0.717) is 18.5 Å². The van der Waals surface area contributed by atoms with Gasteiger partial charge in [-0.1, -0.05) is 6.08 Å². The third-order valence-corrected chi connectivity index (χ3v) is 4.11. The Morgan fingerprint density at radius 2 is 2.30 bits per heavy atom. The summed E-state index contributed by atoms with van der Waals surface area (Å²) in [5, 5.41) is 10.2.